The lowest BCUT2D eigenvalue weighted by atomic mass is 10.2. The molecule has 1 saturated carbocycles. The zero-order valence-electron chi connectivity index (χ0n) is 12.4. The number of aromatic nitrogens is 1. The second-order valence-corrected chi connectivity index (χ2v) is 6.45. The van der Waals surface area contributed by atoms with Crippen molar-refractivity contribution >= 4 is 23.5 Å². The summed E-state index contributed by atoms with van der Waals surface area (Å²) < 4.78 is 4.92. The van der Waals surface area contributed by atoms with Gasteiger partial charge in [-0.3, -0.25) is 4.79 Å². The van der Waals surface area contributed by atoms with Crippen molar-refractivity contribution in [2.75, 3.05) is 25.2 Å². The van der Waals surface area contributed by atoms with Gasteiger partial charge >= 0.3 is 0 Å². The van der Waals surface area contributed by atoms with Crippen LogP contribution in [0.2, 0.25) is 0 Å². The van der Waals surface area contributed by atoms with E-state index in [4.69, 9.17) is 4.52 Å². The molecular formula is C14H23N3O2S. The molecule has 1 aromatic heterocycles. The van der Waals surface area contributed by atoms with Crippen molar-refractivity contribution in [2.24, 2.45) is 0 Å². The molecule has 0 spiro atoms. The molecule has 1 fully saturated rings. The molecule has 2 rings (SSSR count). The van der Waals surface area contributed by atoms with Gasteiger partial charge < -0.3 is 14.7 Å². The van der Waals surface area contributed by atoms with Crippen LogP contribution in [-0.2, 0) is 4.79 Å². The molecule has 5 nitrogen and oxygen atoms in total. The molecule has 6 heteroatoms. The smallest absolute Gasteiger partial charge is 0.226 e. The Morgan fingerprint density at radius 1 is 1.60 bits per heavy atom. The van der Waals surface area contributed by atoms with Crippen LogP contribution in [0.5, 0.6) is 0 Å². The van der Waals surface area contributed by atoms with E-state index in [1.54, 1.807) is 13.0 Å². The number of nitrogens with one attached hydrogen (secondary N) is 1. The maximum atomic E-state index is 11.9. The first-order valence-electron chi connectivity index (χ1n) is 7.06. The maximum absolute atomic E-state index is 11.9. The highest BCUT2D eigenvalue weighted by Gasteiger charge is 2.29. The second kappa shape index (κ2) is 7.13. The van der Waals surface area contributed by atoms with Crippen LogP contribution in [0.25, 0.3) is 0 Å². The summed E-state index contributed by atoms with van der Waals surface area (Å²) >= 11 is 1.94. The molecule has 0 aliphatic heterocycles. The highest BCUT2D eigenvalue weighted by molar-refractivity contribution is 7.99. The van der Waals surface area contributed by atoms with Crippen LogP contribution in [0, 0.1) is 6.92 Å². The SMILES string of the molecule is CS[C@@H]1CCC[C@@H]1N(C)CCC(=O)Nc1cc(C)on1. The van der Waals surface area contributed by atoms with E-state index >= 15 is 0 Å². The Labute approximate surface area is 124 Å². The molecule has 0 unspecified atom stereocenters. The van der Waals surface area contributed by atoms with E-state index in [9.17, 15) is 4.79 Å². The molecule has 20 heavy (non-hydrogen) atoms. The largest absolute Gasteiger partial charge is 0.360 e. The number of hydrogen-bond acceptors (Lipinski definition) is 5. The predicted octanol–water partition coefficient (Wildman–Crippen LogP) is 2.53. The Kier molecular flexibility index (Phi) is 5.48. The van der Waals surface area contributed by atoms with E-state index in [1.165, 1.54) is 19.3 Å². The van der Waals surface area contributed by atoms with E-state index in [1.807, 2.05) is 11.8 Å². The van der Waals surface area contributed by atoms with Crippen LogP contribution < -0.4 is 5.32 Å². The summed E-state index contributed by atoms with van der Waals surface area (Å²) in [5.41, 5.74) is 0. The van der Waals surface area contributed by atoms with Crippen molar-refractivity contribution < 1.29 is 9.32 Å². The minimum absolute atomic E-state index is 0.0103. The maximum Gasteiger partial charge on any atom is 0.226 e. The van der Waals surface area contributed by atoms with Crippen molar-refractivity contribution in [3.05, 3.63) is 11.8 Å². The Morgan fingerprint density at radius 3 is 3.05 bits per heavy atom. The van der Waals surface area contributed by atoms with Crippen molar-refractivity contribution in [1.29, 1.82) is 0 Å². The lowest BCUT2D eigenvalue weighted by Gasteiger charge is -2.28. The summed E-state index contributed by atoms with van der Waals surface area (Å²) in [5.74, 6) is 1.19. The standard InChI is InChI=1S/C14H23N3O2S/c1-10-9-13(16-19-10)15-14(18)7-8-17(2)11-5-4-6-12(11)20-3/h9,11-12H,4-8H2,1-3H3,(H,15,16,18)/t11-,12+/m0/s1. The second-order valence-electron chi connectivity index (χ2n) is 5.37. The van der Waals surface area contributed by atoms with Crippen LogP contribution >= 0.6 is 11.8 Å². The van der Waals surface area contributed by atoms with Crippen LogP contribution in [0.15, 0.2) is 10.6 Å². The van der Waals surface area contributed by atoms with Gasteiger partial charge in [0, 0.05) is 30.3 Å². The molecule has 1 N–H and O–H groups in total. The van der Waals surface area contributed by atoms with Gasteiger partial charge in [-0.05, 0) is 33.1 Å². The lowest BCUT2D eigenvalue weighted by Crippen LogP contribution is -2.37. The summed E-state index contributed by atoms with van der Waals surface area (Å²) in [4.78, 5) is 14.2. The molecule has 112 valence electrons. The Balaban J connectivity index is 1.75. The van der Waals surface area contributed by atoms with E-state index in [0.29, 0.717) is 29.3 Å². The van der Waals surface area contributed by atoms with Gasteiger partial charge in [-0.2, -0.15) is 11.8 Å². The van der Waals surface area contributed by atoms with Gasteiger partial charge in [0.1, 0.15) is 5.76 Å². The summed E-state index contributed by atoms with van der Waals surface area (Å²) in [7, 11) is 2.12. The van der Waals surface area contributed by atoms with Gasteiger partial charge in [0.05, 0.1) is 0 Å². The molecule has 0 radical (unpaired) electrons. The van der Waals surface area contributed by atoms with Crippen LogP contribution in [0.3, 0.4) is 0 Å². The fraction of sp³-hybridized carbons (Fsp3) is 0.714. The van der Waals surface area contributed by atoms with E-state index in [-0.39, 0.29) is 5.91 Å². The van der Waals surface area contributed by atoms with E-state index < -0.39 is 0 Å². The van der Waals surface area contributed by atoms with Gasteiger partial charge in [-0.1, -0.05) is 11.6 Å². The first-order chi connectivity index (χ1) is 9.60. The molecule has 0 bridgehead atoms. The molecule has 0 aromatic carbocycles. The molecule has 1 aromatic rings. The van der Waals surface area contributed by atoms with Crippen molar-refractivity contribution in [3.8, 4) is 0 Å². The van der Waals surface area contributed by atoms with Gasteiger partial charge in [0.25, 0.3) is 0 Å². The van der Waals surface area contributed by atoms with Crippen molar-refractivity contribution in [1.82, 2.24) is 10.1 Å². The summed E-state index contributed by atoms with van der Waals surface area (Å²) in [6.07, 6.45) is 6.49. The normalized spacial score (nSPS) is 22.4. The first kappa shape index (κ1) is 15.4. The van der Waals surface area contributed by atoms with Crippen LogP contribution in [-0.4, -0.2) is 47.1 Å². The molecule has 0 saturated heterocycles. The molecule has 1 heterocycles. The average molecular weight is 297 g/mol. The van der Waals surface area contributed by atoms with Gasteiger partial charge in [0.15, 0.2) is 5.82 Å². The van der Waals surface area contributed by atoms with Crippen molar-refractivity contribution in [2.45, 2.75) is 43.9 Å². The fourth-order valence-electron chi connectivity index (χ4n) is 2.76. The zero-order chi connectivity index (χ0) is 14.5. The Hall–Kier alpha value is -1.01. The van der Waals surface area contributed by atoms with Gasteiger partial charge in [0.2, 0.25) is 5.91 Å². The summed E-state index contributed by atoms with van der Waals surface area (Å²) in [6.45, 7) is 2.59. The van der Waals surface area contributed by atoms with Gasteiger partial charge in [-0.25, -0.2) is 0 Å². The third-order valence-corrected chi connectivity index (χ3v) is 5.03. The number of hydrogen-bond donors (Lipinski definition) is 1. The number of amides is 1. The first-order valence-corrected chi connectivity index (χ1v) is 8.35. The zero-order valence-corrected chi connectivity index (χ0v) is 13.2. The number of carbonyl (C=O) groups excluding carboxylic acids is 1. The minimum atomic E-state index is -0.0103. The van der Waals surface area contributed by atoms with Crippen LogP contribution in [0.1, 0.15) is 31.4 Å². The number of anilines is 1. The highest BCUT2D eigenvalue weighted by atomic mass is 32.2. The number of thioether (sulfide) groups is 1. The monoisotopic (exact) mass is 297 g/mol. The fourth-order valence-corrected chi connectivity index (χ4v) is 3.82. The number of carbonyl (C=O) groups is 1. The van der Waals surface area contributed by atoms with Crippen LogP contribution in [0.4, 0.5) is 5.82 Å². The average Bonchev–Trinajstić information content (AvgIpc) is 3.04. The van der Waals surface area contributed by atoms with E-state index in [0.717, 1.165) is 6.54 Å². The quantitative estimate of drug-likeness (QED) is 0.874. The predicted molar refractivity (Wildman–Crippen MR) is 82.1 cm³/mol. The molecule has 2 atom stereocenters. The Morgan fingerprint density at radius 2 is 2.40 bits per heavy atom. The number of nitrogens with zero attached hydrogens (tertiary/aromatic N) is 2. The topological polar surface area (TPSA) is 58.4 Å². The molecule has 1 amide bonds. The minimum Gasteiger partial charge on any atom is -0.360 e. The molecule has 1 aliphatic rings. The van der Waals surface area contributed by atoms with Crippen molar-refractivity contribution in [3.63, 3.8) is 0 Å². The third-order valence-electron chi connectivity index (χ3n) is 3.87. The molecule has 1 aliphatic carbocycles. The Bertz CT molecular complexity index is 449. The lowest BCUT2D eigenvalue weighted by molar-refractivity contribution is -0.116. The molecular weight excluding hydrogens is 274 g/mol. The number of rotatable bonds is 6. The van der Waals surface area contributed by atoms with E-state index in [2.05, 4.69) is 28.7 Å². The summed E-state index contributed by atoms with van der Waals surface area (Å²) in [5, 5.41) is 7.23. The number of aryl methyl sites for hydroxylation is 1. The summed E-state index contributed by atoms with van der Waals surface area (Å²) in [6, 6.07) is 2.33. The highest BCUT2D eigenvalue weighted by Crippen LogP contribution is 2.31. The third kappa shape index (κ3) is 3.99. The van der Waals surface area contributed by atoms with Gasteiger partial charge in [-0.15, -0.1) is 0 Å².